The lowest BCUT2D eigenvalue weighted by Crippen LogP contribution is -2.09. The number of aromatic nitrogens is 1. The Morgan fingerprint density at radius 2 is 2.08 bits per heavy atom. The van der Waals surface area contributed by atoms with Gasteiger partial charge >= 0.3 is 6.18 Å². The van der Waals surface area contributed by atoms with Gasteiger partial charge < -0.3 is 5.73 Å². The second-order valence-corrected chi connectivity index (χ2v) is 2.70. The first kappa shape index (κ1) is 9.83. The quantitative estimate of drug-likeness (QED) is 0.776. The SMILES string of the molecule is Nc1ccnc(CCC(F)(F)F)c1. The Morgan fingerprint density at radius 3 is 2.62 bits per heavy atom. The van der Waals surface area contributed by atoms with Crippen LogP contribution in [0.4, 0.5) is 18.9 Å². The Bertz CT molecular complexity index is 283. The molecule has 2 nitrogen and oxygen atoms in total. The Balaban J connectivity index is 2.55. The van der Waals surface area contributed by atoms with E-state index >= 15 is 0 Å². The topological polar surface area (TPSA) is 38.9 Å². The molecule has 0 radical (unpaired) electrons. The first-order valence-corrected chi connectivity index (χ1v) is 3.74. The zero-order valence-electron chi connectivity index (χ0n) is 6.80. The van der Waals surface area contributed by atoms with Gasteiger partial charge in [0.25, 0.3) is 0 Å². The number of aryl methyl sites for hydroxylation is 1. The highest BCUT2D eigenvalue weighted by molar-refractivity contribution is 5.37. The second kappa shape index (κ2) is 3.64. The summed E-state index contributed by atoms with van der Waals surface area (Å²) in [5, 5.41) is 0. The minimum atomic E-state index is -4.13. The Morgan fingerprint density at radius 1 is 1.38 bits per heavy atom. The van der Waals surface area contributed by atoms with E-state index in [1.807, 2.05) is 0 Å². The first-order chi connectivity index (χ1) is 5.97. The zero-order valence-corrected chi connectivity index (χ0v) is 6.80. The lowest BCUT2D eigenvalue weighted by Gasteiger charge is -2.05. The fourth-order valence-corrected chi connectivity index (χ4v) is 0.903. The molecule has 2 N–H and O–H groups in total. The first-order valence-electron chi connectivity index (χ1n) is 3.74. The van der Waals surface area contributed by atoms with Crippen LogP contribution in [0, 0.1) is 0 Å². The van der Waals surface area contributed by atoms with Crippen molar-refractivity contribution in [1.82, 2.24) is 4.98 Å². The van der Waals surface area contributed by atoms with Crippen molar-refractivity contribution in [2.45, 2.75) is 19.0 Å². The Hall–Kier alpha value is -1.26. The van der Waals surface area contributed by atoms with Crippen molar-refractivity contribution in [3.63, 3.8) is 0 Å². The van der Waals surface area contributed by atoms with Gasteiger partial charge in [-0.25, -0.2) is 0 Å². The van der Waals surface area contributed by atoms with Crippen LogP contribution in [-0.2, 0) is 6.42 Å². The third-order valence-corrected chi connectivity index (χ3v) is 1.51. The van der Waals surface area contributed by atoms with Gasteiger partial charge in [-0.05, 0) is 18.6 Å². The summed E-state index contributed by atoms with van der Waals surface area (Å²) in [6.07, 6.45) is -3.70. The standard InChI is InChI=1S/C8H9F3N2/c9-8(10,11)3-1-7-5-6(12)2-4-13-7/h2,4-5H,1,3H2,(H2,12,13). The number of nitrogen functional groups attached to an aromatic ring is 1. The molecule has 0 saturated heterocycles. The van der Waals surface area contributed by atoms with Gasteiger partial charge in [0.15, 0.2) is 0 Å². The summed E-state index contributed by atoms with van der Waals surface area (Å²) in [4.78, 5) is 3.76. The molecule has 1 aromatic rings. The van der Waals surface area contributed by atoms with Crippen LogP contribution in [0.5, 0.6) is 0 Å². The highest BCUT2D eigenvalue weighted by Gasteiger charge is 2.26. The summed E-state index contributed by atoms with van der Waals surface area (Å²) in [6.45, 7) is 0. The minimum Gasteiger partial charge on any atom is -0.399 e. The molecule has 72 valence electrons. The predicted molar refractivity (Wildman–Crippen MR) is 43.0 cm³/mol. The highest BCUT2D eigenvalue weighted by Crippen LogP contribution is 2.21. The molecular weight excluding hydrogens is 181 g/mol. The molecular formula is C8H9F3N2. The van der Waals surface area contributed by atoms with E-state index in [1.54, 1.807) is 0 Å². The van der Waals surface area contributed by atoms with Gasteiger partial charge in [0.05, 0.1) is 0 Å². The van der Waals surface area contributed by atoms with Crippen molar-refractivity contribution in [3.8, 4) is 0 Å². The molecule has 0 unspecified atom stereocenters. The number of alkyl halides is 3. The van der Waals surface area contributed by atoms with Crippen molar-refractivity contribution in [2.24, 2.45) is 0 Å². The van der Waals surface area contributed by atoms with Crippen molar-refractivity contribution < 1.29 is 13.2 Å². The van der Waals surface area contributed by atoms with E-state index < -0.39 is 12.6 Å². The van der Waals surface area contributed by atoms with Gasteiger partial charge in [-0.2, -0.15) is 13.2 Å². The summed E-state index contributed by atoms with van der Waals surface area (Å²) < 4.78 is 35.3. The predicted octanol–water partition coefficient (Wildman–Crippen LogP) is 2.16. The van der Waals surface area contributed by atoms with E-state index in [2.05, 4.69) is 4.98 Å². The van der Waals surface area contributed by atoms with Crippen LogP contribution in [0.15, 0.2) is 18.3 Å². The van der Waals surface area contributed by atoms with Gasteiger partial charge in [-0.15, -0.1) is 0 Å². The van der Waals surface area contributed by atoms with E-state index in [4.69, 9.17) is 5.73 Å². The maximum atomic E-state index is 11.8. The average Bonchev–Trinajstić information content (AvgIpc) is 2.00. The molecule has 1 heterocycles. The molecule has 0 aliphatic rings. The van der Waals surface area contributed by atoms with Gasteiger partial charge in [0.1, 0.15) is 0 Å². The number of nitrogens with two attached hydrogens (primary N) is 1. The smallest absolute Gasteiger partial charge is 0.389 e. The van der Waals surface area contributed by atoms with Crippen molar-refractivity contribution in [1.29, 1.82) is 0 Å². The fourth-order valence-electron chi connectivity index (χ4n) is 0.903. The number of hydrogen-bond donors (Lipinski definition) is 1. The number of halogens is 3. The third kappa shape index (κ3) is 3.78. The van der Waals surface area contributed by atoms with E-state index in [1.165, 1.54) is 18.3 Å². The minimum absolute atomic E-state index is 0.117. The number of nitrogens with zero attached hydrogens (tertiary/aromatic N) is 1. The van der Waals surface area contributed by atoms with Gasteiger partial charge in [0, 0.05) is 24.0 Å². The maximum Gasteiger partial charge on any atom is 0.389 e. The average molecular weight is 190 g/mol. The van der Waals surface area contributed by atoms with Crippen molar-refractivity contribution >= 4 is 5.69 Å². The fraction of sp³-hybridized carbons (Fsp3) is 0.375. The number of hydrogen-bond acceptors (Lipinski definition) is 2. The van der Waals surface area contributed by atoms with E-state index in [9.17, 15) is 13.2 Å². The summed E-state index contributed by atoms with van der Waals surface area (Å²) in [6, 6.07) is 2.99. The lowest BCUT2D eigenvalue weighted by atomic mass is 10.2. The van der Waals surface area contributed by atoms with Crippen LogP contribution >= 0.6 is 0 Å². The maximum absolute atomic E-state index is 11.8. The molecule has 0 aliphatic carbocycles. The van der Waals surface area contributed by atoms with Gasteiger partial charge in [0.2, 0.25) is 0 Å². The van der Waals surface area contributed by atoms with Crippen molar-refractivity contribution in [2.75, 3.05) is 5.73 Å². The lowest BCUT2D eigenvalue weighted by molar-refractivity contribution is -0.134. The molecule has 0 atom stereocenters. The summed E-state index contributed by atoms with van der Waals surface area (Å²) in [5.74, 6) is 0. The Kier molecular flexibility index (Phi) is 2.75. The van der Waals surface area contributed by atoms with Crippen LogP contribution in [-0.4, -0.2) is 11.2 Å². The molecule has 0 bridgehead atoms. The molecule has 0 amide bonds. The van der Waals surface area contributed by atoms with E-state index in [0.717, 1.165) is 0 Å². The molecule has 5 heteroatoms. The molecule has 0 aromatic carbocycles. The molecule has 0 aliphatic heterocycles. The zero-order chi connectivity index (χ0) is 9.90. The normalized spacial score (nSPS) is 11.6. The highest BCUT2D eigenvalue weighted by atomic mass is 19.4. The summed E-state index contributed by atoms with van der Waals surface area (Å²) >= 11 is 0. The Labute approximate surface area is 73.6 Å². The molecule has 0 saturated carbocycles. The number of anilines is 1. The van der Waals surface area contributed by atoms with Crippen LogP contribution < -0.4 is 5.73 Å². The second-order valence-electron chi connectivity index (χ2n) is 2.70. The summed E-state index contributed by atoms with van der Waals surface area (Å²) in [5.41, 5.74) is 6.19. The molecule has 13 heavy (non-hydrogen) atoms. The van der Waals surface area contributed by atoms with Gasteiger partial charge in [-0.1, -0.05) is 0 Å². The number of rotatable bonds is 2. The van der Waals surface area contributed by atoms with Crippen molar-refractivity contribution in [3.05, 3.63) is 24.0 Å². The molecule has 1 aromatic heterocycles. The number of pyridine rings is 1. The molecule has 0 fully saturated rings. The van der Waals surface area contributed by atoms with E-state index in [-0.39, 0.29) is 6.42 Å². The molecule has 1 rings (SSSR count). The van der Waals surface area contributed by atoms with Gasteiger partial charge in [-0.3, -0.25) is 4.98 Å². The largest absolute Gasteiger partial charge is 0.399 e. The van der Waals surface area contributed by atoms with Crippen LogP contribution in [0.2, 0.25) is 0 Å². The monoisotopic (exact) mass is 190 g/mol. The van der Waals surface area contributed by atoms with Crippen LogP contribution in [0.25, 0.3) is 0 Å². The third-order valence-electron chi connectivity index (χ3n) is 1.51. The van der Waals surface area contributed by atoms with E-state index in [0.29, 0.717) is 11.4 Å². The van der Waals surface area contributed by atoms with Crippen LogP contribution in [0.1, 0.15) is 12.1 Å². The summed E-state index contributed by atoms with van der Waals surface area (Å²) in [7, 11) is 0. The molecule has 0 spiro atoms. The van der Waals surface area contributed by atoms with Crippen LogP contribution in [0.3, 0.4) is 0 Å².